The summed E-state index contributed by atoms with van der Waals surface area (Å²) in [7, 11) is 0. The van der Waals surface area contributed by atoms with Crippen LogP contribution in [0.1, 0.15) is 18.3 Å². The van der Waals surface area contributed by atoms with Gasteiger partial charge in [0.15, 0.2) is 0 Å². The number of nitrogens with one attached hydrogen (secondary N) is 1. The van der Waals surface area contributed by atoms with Crippen molar-refractivity contribution in [3.63, 3.8) is 0 Å². The number of nitrogens with zero attached hydrogens (tertiary/aromatic N) is 2. The molecular weight excluding hydrogens is 297 g/mol. The Morgan fingerprint density at radius 1 is 1.39 bits per heavy atom. The van der Waals surface area contributed by atoms with E-state index in [-0.39, 0.29) is 5.82 Å². The highest BCUT2D eigenvalue weighted by Gasteiger charge is 2.05. The summed E-state index contributed by atoms with van der Waals surface area (Å²) < 4.78 is 13.9. The molecule has 1 aromatic carbocycles. The molecule has 1 N–H and O–H groups in total. The molecule has 0 fully saturated rings. The van der Waals surface area contributed by atoms with E-state index >= 15 is 0 Å². The lowest BCUT2D eigenvalue weighted by Crippen LogP contribution is -2.04. The van der Waals surface area contributed by atoms with E-state index in [1.165, 1.54) is 12.1 Å². The highest BCUT2D eigenvalue weighted by Crippen LogP contribution is 2.19. The van der Waals surface area contributed by atoms with Crippen LogP contribution in [0.4, 0.5) is 10.2 Å². The molecule has 0 amide bonds. The molecule has 3 nitrogen and oxygen atoms in total. The van der Waals surface area contributed by atoms with Gasteiger partial charge in [0.2, 0.25) is 0 Å². The van der Waals surface area contributed by atoms with E-state index < -0.39 is 0 Å². The van der Waals surface area contributed by atoms with Gasteiger partial charge in [0, 0.05) is 19.2 Å². The Hall–Kier alpha value is -1.49. The van der Waals surface area contributed by atoms with E-state index in [0.717, 1.165) is 22.4 Å². The van der Waals surface area contributed by atoms with Gasteiger partial charge in [0.1, 0.15) is 17.5 Å². The Morgan fingerprint density at radius 3 is 2.94 bits per heavy atom. The first kappa shape index (κ1) is 13.0. The van der Waals surface area contributed by atoms with Gasteiger partial charge in [-0.05, 0) is 40.5 Å². The van der Waals surface area contributed by atoms with Crippen molar-refractivity contribution in [3.8, 4) is 0 Å². The summed E-state index contributed by atoms with van der Waals surface area (Å²) >= 11 is 3.38. The zero-order valence-electron chi connectivity index (χ0n) is 9.95. The maximum atomic E-state index is 13.1. The van der Waals surface area contributed by atoms with Crippen LogP contribution >= 0.6 is 15.9 Å². The van der Waals surface area contributed by atoms with Gasteiger partial charge in [-0.3, -0.25) is 0 Å². The fourth-order valence-corrected chi connectivity index (χ4v) is 1.94. The second-order valence-corrected chi connectivity index (χ2v) is 4.67. The first-order valence-electron chi connectivity index (χ1n) is 5.68. The number of benzene rings is 1. The van der Waals surface area contributed by atoms with Gasteiger partial charge in [-0.2, -0.15) is 0 Å². The first-order valence-corrected chi connectivity index (χ1v) is 6.48. The van der Waals surface area contributed by atoms with Crippen LogP contribution in [-0.2, 0) is 6.42 Å². The van der Waals surface area contributed by atoms with Gasteiger partial charge in [0.05, 0.1) is 4.47 Å². The Balaban J connectivity index is 2.21. The number of hydrogen-bond donors (Lipinski definition) is 1. The lowest BCUT2D eigenvalue weighted by Gasteiger charge is -2.07. The highest BCUT2D eigenvalue weighted by molar-refractivity contribution is 9.10. The molecule has 2 rings (SSSR count). The molecule has 0 atom stereocenters. The fraction of sp³-hybridized carbons (Fsp3) is 0.231. The lowest BCUT2D eigenvalue weighted by atomic mass is 10.1. The summed E-state index contributed by atoms with van der Waals surface area (Å²) in [5.74, 6) is 1.19. The molecule has 0 saturated heterocycles. The number of anilines is 1. The molecule has 0 aliphatic heterocycles. The van der Waals surface area contributed by atoms with E-state index in [1.54, 1.807) is 12.3 Å². The van der Waals surface area contributed by atoms with Gasteiger partial charge in [0.25, 0.3) is 0 Å². The topological polar surface area (TPSA) is 37.8 Å². The van der Waals surface area contributed by atoms with Crippen molar-refractivity contribution in [1.82, 2.24) is 9.97 Å². The SMILES string of the molecule is CCNc1nc(Cc2cccc(F)c2)ncc1Br. The molecular formula is C13H13BrFN3. The maximum Gasteiger partial charge on any atom is 0.144 e. The molecule has 0 bridgehead atoms. The number of hydrogen-bond acceptors (Lipinski definition) is 3. The summed E-state index contributed by atoms with van der Waals surface area (Å²) in [6.45, 7) is 2.79. The number of halogens is 2. The molecule has 5 heteroatoms. The van der Waals surface area contributed by atoms with Crippen LogP contribution in [0.3, 0.4) is 0 Å². The van der Waals surface area contributed by atoms with Crippen molar-refractivity contribution < 1.29 is 4.39 Å². The molecule has 2 aromatic rings. The monoisotopic (exact) mass is 309 g/mol. The first-order chi connectivity index (χ1) is 8.69. The Bertz CT molecular complexity index is 546. The van der Waals surface area contributed by atoms with Crippen LogP contribution in [0.15, 0.2) is 34.9 Å². The molecule has 1 heterocycles. The predicted molar refractivity (Wildman–Crippen MR) is 73.1 cm³/mol. The summed E-state index contributed by atoms with van der Waals surface area (Å²) in [5.41, 5.74) is 0.861. The average molecular weight is 310 g/mol. The largest absolute Gasteiger partial charge is 0.369 e. The standard InChI is InChI=1S/C13H13BrFN3/c1-2-16-13-11(14)8-17-12(18-13)7-9-4-3-5-10(15)6-9/h3-6,8H,2,7H2,1H3,(H,16,17,18). The van der Waals surface area contributed by atoms with Crippen molar-refractivity contribution in [3.05, 3.63) is 52.1 Å². The molecule has 0 spiro atoms. The van der Waals surface area contributed by atoms with Crippen LogP contribution in [0.5, 0.6) is 0 Å². The predicted octanol–water partition coefficient (Wildman–Crippen LogP) is 3.40. The molecule has 0 unspecified atom stereocenters. The van der Waals surface area contributed by atoms with Gasteiger partial charge >= 0.3 is 0 Å². The van der Waals surface area contributed by atoms with E-state index in [2.05, 4.69) is 31.2 Å². The minimum absolute atomic E-state index is 0.239. The van der Waals surface area contributed by atoms with Gasteiger partial charge in [-0.25, -0.2) is 14.4 Å². The van der Waals surface area contributed by atoms with Crippen molar-refractivity contribution in [2.45, 2.75) is 13.3 Å². The van der Waals surface area contributed by atoms with Gasteiger partial charge in [-0.1, -0.05) is 12.1 Å². The Kier molecular flexibility index (Phi) is 4.25. The van der Waals surface area contributed by atoms with Crippen molar-refractivity contribution in [2.75, 3.05) is 11.9 Å². The molecule has 1 aromatic heterocycles. The third-order valence-electron chi connectivity index (χ3n) is 2.39. The third-order valence-corrected chi connectivity index (χ3v) is 2.97. The summed E-state index contributed by atoms with van der Waals surface area (Å²) in [4.78, 5) is 8.62. The number of aromatic nitrogens is 2. The van der Waals surface area contributed by atoms with E-state index in [9.17, 15) is 4.39 Å². The van der Waals surface area contributed by atoms with Crippen LogP contribution in [0, 0.1) is 5.82 Å². The second kappa shape index (κ2) is 5.91. The molecule has 0 radical (unpaired) electrons. The molecule has 0 aliphatic rings. The zero-order chi connectivity index (χ0) is 13.0. The van der Waals surface area contributed by atoms with E-state index in [0.29, 0.717) is 12.2 Å². The summed E-state index contributed by atoms with van der Waals surface area (Å²) in [6.07, 6.45) is 2.23. The molecule has 0 saturated carbocycles. The van der Waals surface area contributed by atoms with E-state index in [4.69, 9.17) is 0 Å². The zero-order valence-corrected chi connectivity index (χ0v) is 11.5. The van der Waals surface area contributed by atoms with Crippen LogP contribution in [0.2, 0.25) is 0 Å². The summed E-state index contributed by atoms with van der Waals surface area (Å²) in [5, 5.41) is 3.14. The van der Waals surface area contributed by atoms with Crippen molar-refractivity contribution in [2.24, 2.45) is 0 Å². The lowest BCUT2D eigenvalue weighted by molar-refractivity contribution is 0.626. The highest BCUT2D eigenvalue weighted by atomic mass is 79.9. The van der Waals surface area contributed by atoms with Crippen LogP contribution < -0.4 is 5.32 Å². The minimum Gasteiger partial charge on any atom is -0.369 e. The Morgan fingerprint density at radius 2 is 2.22 bits per heavy atom. The maximum absolute atomic E-state index is 13.1. The molecule has 94 valence electrons. The molecule has 18 heavy (non-hydrogen) atoms. The van der Waals surface area contributed by atoms with Crippen molar-refractivity contribution in [1.29, 1.82) is 0 Å². The van der Waals surface area contributed by atoms with Crippen LogP contribution in [0.25, 0.3) is 0 Å². The van der Waals surface area contributed by atoms with E-state index in [1.807, 2.05) is 13.0 Å². The smallest absolute Gasteiger partial charge is 0.144 e. The number of rotatable bonds is 4. The second-order valence-electron chi connectivity index (χ2n) is 3.82. The van der Waals surface area contributed by atoms with Gasteiger partial charge in [-0.15, -0.1) is 0 Å². The molecule has 0 aliphatic carbocycles. The normalized spacial score (nSPS) is 10.4. The van der Waals surface area contributed by atoms with Crippen molar-refractivity contribution >= 4 is 21.7 Å². The van der Waals surface area contributed by atoms with Crippen LogP contribution in [-0.4, -0.2) is 16.5 Å². The Labute approximate surface area is 114 Å². The quantitative estimate of drug-likeness (QED) is 0.940. The summed E-state index contributed by atoms with van der Waals surface area (Å²) in [6, 6.07) is 6.48. The van der Waals surface area contributed by atoms with Gasteiger partial charge < -0.3 is 5.32 Å². The fourth-order valence-electron chi connectivity index (χ4n) is 1.61. The minimum atomic E-state index is -0.239. The average Bonchev–Trinajstić information content (AvgIpc) is 2.34. The third kappa shape index (κ3) is 3.26.